The maximum atomic E-state index is 15.1. The number of benzene rings is 2. The highest BCUT2D eigenvalue weighted by molar-refractivity contribution is 5.71. The van der Waals surface area contributed by atoms with Gasteiger partial charge in [0.1, 0.15) is 17.7 Å². The van der Waals surface area contributed by atoms with Crippen molar-refractivity contribution in [3.8, 4) is 22.8 Å². The predicted octanol–water partition coefficient (Wildman–Crippen LogP) is 6.63. The summed E-state index contributed by atoms with van der Waals surface area (Å²) in [6.07, 6.45) is 6.37. The summed E-state index contributed by atoms with van der Waals surface area (Å²) in [7, 11) is 1.55. The summed E-state index contributed by atoms with van der Waals surface area (Å²) >= 11 is 0. The van der Waals surface area contributed by atoms with E-state index in [0.29, 0.717) is 17.4 Å². The first-order valence-electron chi connectivity index (χ1n) is 14.9. The zero-order valence-corrected chi connectivity index (χ0v) is 23.7. The van der Waals surface area contributed by atoms with Gasteiger partial charge in [-0.2, -0.15) is 0 Å². The molecular formula is C34H37FN2O4. The Kier molecular flexibility index (Phi) is 6.73. The van der Waals surface area contributed by atoms with Gasteiger partial charge < -0.3 is 14.6 Å². The molecule has 2 aliphatic carbocycles. The molecule has 0 bridgehead atoms. The van der Waals surface area contributed by atoms with Crippen molar-refractivity contribution in [2.24, 2.45) is 23.7 Å². The van der Waals surface area contributed by atoms with E-state index in [1.54, 1.807) is 13.2 Å². The number of fused-ring (bicyclic) bond motifs is 2. The molecule has 7 heteroatoms. The van der Waals surface area contributed by atoms with E-state index in [1.807, 2.05) is 13.0 Å². The van der Waals surface area contributed by atoms with E-state index in [4.69, 9.17) is 9.47 Å². The molecule has 4 aliphatic rings. The first-order valence-corrected chi connectivity index (χ1v) is 14.9. The minimum atomic E-state index is -0.746. The van der Waals surface area contributed by atoms with Gasteiger partial charge >= 0.3 is 5.97 Å². The van der Waals surface area contributed by atoms with Gasteiger partial charge in [0.05, 0.1) is 19.2 Å². The number of piperidine rings is 1. The second kappa shape index (κ2) is 10.4. The molecule has 7 rings (SSSR count). The highest BCUT2D eigenvalue weighted by Crippen LogP contribution is 2.49. The molecule has 0 radical (unpaired) electrons. The van der Waals surface area contributed by atoms with Gasteiger partial charge in [-0.3, -0.25) is 9.69 Å². The normalized spacial score (nSPS) is 24.6. The fourth-order valence-corrected chi connectivity index (χ4v) is 7.22. The van der Waals surface area contributed by atoms with Crippen molar-refractivity contribution in [1.29, 1.82) is 0 Å². The summed E-state index contributed by atoms with van der Waals surface area (Å²) in [5.74, 6) is 1.78. The molecule has 2 saturated carbocycles. The lowest BCUT2D eigenvalue weighted by atomic mass is 9.82. The van der Waals surface area contributed by atoms with Crippen LogP contribution in [0.5, 0.6) is 11.6 Å². The molecule has 3 fully saturated rings. The van der Waals surface area contributed by atoms with Gasteiger partial charge in [-0.25, -0.2) is 9.37 Å². The summed E-state index contributed by atoms with van der Waals surface area (Å²) in [6.45, 7) is 4.79. The number of carboxylic acid groups (broad SMARTS) is 1. The third-order valence-corrected chi connectivity index (χ3v) is 9.76. The Hall–Kier alpha value is -3.45. The van der Waals surface area contributed by atoms with Crippen LogP contribution in [-0.4, -0.2) is 41.2 Å². The van der Waals surface area contributed by atoms with Crippen LogP contribution in [0.1, 0.15) is 66.9 Å². The second-order valence-corrected chi connectivity index (χ2v) is 12.6. The second-order valence-electron chi connectivity index (χ2n) is 12.6. The van der Waals surface area contributed by atoms with Gasteiger partial charge in [0.25, 0.3) is 0 Å². The number of methoxy groups -OCH3 is 1. The quantitative estimate of drug-likeness (QED) is 0.319. The highest BCUT2D eigenvalue weighted by Gasteiger charge is 2.45. The number of rotatable bonds is 9. The van der Waals surface area contributed by atoms with Crippen molar-refractivity contribution in [1.82, 2.24) is 9.88 Å². The Bertz CT molecular complexity index is 1480. The third-order valence-electron chi connectivity index (χ3n) is 9.76. The lowest BCUT2D eigenvalue weighted by Gasteiger charge is -2.29. The van der Waals surface area contributed by atoms with Gasteiger partial charge in [-0.15, -0.1) is 0 Å². The molecular weight excluding hydrogens is 519 g/mol. The molecule has 41 heavy (non-hydrogen) atoms. The zero-order valence-electron chi connectivity index (χ0n) is 23.7. The minimum Gasteiger partial charge on any atom is -0.485 e. The van der Waals surface area contributed by atoms with Crippen molar-refractivity contribution < 1.29 is 23.8 Å². The van der Waals surface area contributed by atoms with Crippen LogP contribution in [0, 0.1) is 29.5 Å². The molecule has 0 spiro atoms. The Morgan fingerprint density at radius 2 is 1.93 bits per heavy atom. The maximum Gasteiger partial charge on any atom is 0.306 e. The number of halogens is 1. The number of likely N-dealkylation sites (tertiary alicyclic amines) is 1. The van der Waals surface area contributed by atoms with Gasteiger partial charge in [-0.05, 0) is 89.7 Å². The van der Waals surface area contributed by atoms with E-state index in [0.717, 1.165) is 85.2 Å². The molecule has 3 heterocycles. The first-order chi connectivity index (χ1) is 19.9. The fourth-order valence-electron chi connectivity index (χ4n) is 7.22. The smallest absolute Gasteiger partial charge is 0.306 e. The van der Waals surface area contributed by atoms with Gasteiger partial charge in [0, 0.05) is 31.3 Å². The topological polar surface area (TPSA) is 71.9 Å². The highest BCUT2D eigenvalue weighted by atomic mass is 19.1. The molecule has 1 N–H and O–H groups in total. The average Bonchev–Trinajstić information content (AvgIpc) is 3.91. The summed E-state index contributed by atoms with van der Waals surface area (Å²) in [4.78, 5) is 18.4. The van der Waals surface area contributed by atoms with Crippen LogP contribution in [0.25, 0.3) is 11.1 Å². The van der Waals surface area contributed by atoms with E-state index >= 15 is 4.39 Å². The molecule has 6 nitrogen and oxygen atoms in total. The predicted molar refractivity (Wildman–Crippen MR) is 153 cm³/mol. The van der Waals surface area contributed by atoms with Crippen LogP contribution in [0.3, 0.4) is 0 Å². The number of carboxylic acids is 1. The van der Waals surface area contributed by atoms with Crippen LogP contribution in [0.15, 0.2) is 48.7 Å². The molecule has 0 amide bonds. The molecule has 1 saturated heterocycles. The van der Waals surface area contributed by atoms with Crippen LogP contribution in [0.4, 0.5) is 4.39 Å². The van der Waals surface area contributed by atoms with Crippen molar-refractivity contribution in [3.63, 3.8) is 0 Å². The van der Waals surface area contributed by atoms with Crippen molar-refractivity contribution in [2.75, 3.05) is 20.2 Å². The van der Waals surface area contributed by atoms with Gasteiger partial charge in [0.15, 0.2) is 0 Å². The number of hydrogen-bond donors (Lipinski definition) is 1. The summed E-state index contributed by atoms with van der Waals surface area (Å²) < 4.78 is 27.0. The van der Waals surface area contributed by atoms with E-state index < -0.39 is 11.9 Å². The van der Waals surface area contributed by atoms with Crippen molar-refractivity contribution in [3.05, 3.63) is 76.7 Å². The standard InChI is InChI=1S/C34H37FN2O4/c1-19(34(38)39)33(21-4-5-21)23-6-3-20-8-10-30(41-31(20)13-23)22-7-9-27(28-14-32(40-2)36-15-29(28)35)26(11-22)18-37-16-24-12-25(24)17-37/h3,6-7,9,11,13-15,19,21,24-25,30,33H,4-5,8,10,12,16-18H2,1-2H3,(H,38,39)/t19-,24?,25?,30?,33-/m0/s1. The molecule has 1 aromatic heterocycles. The number of aryl methyl sites for hydroxylation is 1. The molecule has 2 aromatic carbocycles. The van der Waals surface area contributed by atoms with Gasteiger partial charge in [-0.1, -0.05) is 37.3 Å². The van der Waals surface area contributed by atoms with E-state index in [2.05, 4.69) is 40.2 Å². The van der Waals surface area contributed by atoms with Crippen molar-refractivity contribution in [2.45, 2.75) is 57.6 Å². The molecule has 3 unspecified atom stereocenters. The molecule has 3 aromatic rings. The third kappa shape index (κ3) is 5.21. The lowest BCUT2D eigenvalue weighted by Crippen LogP contribution is -2.23. The van der Waals surface area contributed by atoms with Crippen LogP contribution < -0.4 is 9.47 Å². The minimum absolute atomic E-state index is 0.00610. The van der Waals surface area contributed by atoms with Crippen molar-refractivity contribution >= 4 is 5.97 Å². The number of aliphatic carboxylic acids is 1. The number of aromatic nitrogens is 1. The van der Waals surface area contributed by atoms with E-state index in [9.17, 15) is 9.90 Å². The number of ether oxygens (including phenoxy) is 2. The Morgan fingerprint density at radius 3 is 2.66 bits per heavy atom. The van der Waals surface area contributed by atoms with E-state index in [-0.39, 0.29) is 17.8 Å². The summed E-state index contributed by atoms with van der Waals surface area (Å²) in [6, 6.07) is 14.3. The van der Waals surface area contributed by atoms with Crippen LogP contribution in [0.2, 0.25) is 0 Å². The summed E-state index contributed by atoms with van der Waals surface area (Å²) in [5, 5.41) is 9.75. The Labute approximate surface area is 240 Å². The monoisotopic (exact) mass is 556 g/mol. The Morgan fingerprint density at radius 1 is 1.12 bits per heavy atom. The number of carbonyl (C=O) groups is 1. The zero-order chi connectivity index (χ0) is 28.2. The lowest BCUT2D eigenvalue weighted by molar-refractivity contribution is -0.142. The van der Waals surface area contributed by atoms with Crippen LogP contribution in [-0.2, 0) is 17.8 Å². The summed E-state index contributed by atoms with van der Waals surface area (Å²) in [5.41, 5.74) is 5.77. The maximum absolute atomic E-state index is 15.1. The van der Waals surface area contributed by atoms with Crippen LogP contribution >= 0.6 is 0 Å². The number of pyridine rings is 1. The first kappa shape index (κ1) is 26.4. The molecule has 5 atom stereocenters. The van der Waals surface area contributed by atoms with Gasteiger partial charge in [0.2, 0.25) is 5.88 Å². The largest absolute Gasteiger partial charge is 0.485 e. The molecule has 214 valence electrons. The SMILES string of the molecule is COc1cc(-c2ccc(C3CCc4ccc([C@H](C5CC5)[C@H](C)C(=O)O)cc4O3)cc2CN2CC3CC3C2)c(F)cn1. The average molecular weight is 557 g/mol. The molecule has 2 aliphatic heterocycles. The Balaban J connectivity index is 1.19. The number of nitrogens with zero attached hydrogens (tertiary/aromatic N) is 2. The fraction of sp³-hybridized carbons (Fsp3) is 0.471. The number of hydrogen-bond acceptors (Lipinski definition) is 5. The van der Waals surface area contributed by atoms with E-state index in [1.165, 1.54) is 18.2 Å².